The van der Waals surface area contributed by atoms with Crippen molar-refractivity contribution in [3.63, 3.8) is 0 Å². The summed E-state index contributed by atoms with van der Waals surface area (Å²) in [5, 5.41) is 11.2. The van der Waals surface area contributed by atoms with Gasteiger partial charge in [0.25, 0.3) is 0 Å². The molecular formula is C11H15N5. The molecule has 0 fully saturated rings. The summed E-state index contributed by atoms with van der Waals surface area (Å²) in [7, 11) is 1.87. The molecule has 0 radical (unpaired) electrons. The third-order valence-corrected chi connectivity index (χ3v) is 2.30. The lowest BCUT2D eigenvalue weighted by Crippen LogP contribution is -2.16. The van der Waals surface area contributed by atoms with Crippen LogP contribution >= 0.6 is 0 Å². The van der Waals surface area contributed by atoms with Crippen LogP contribution in [0.2, 0.25) is 0 Å². The first-order valence-corrected chi connectivity index (χ1v) is 5.29. The van der Waals surface area contributed by atoms with Gasteiger partial charge in [-0.15, -0.1) is 5.10 Å². The van der Waals surface area contributed by atoms with Gasteiger partial charge < -0.3 is 5.32 Å². The van der Waals surface area contributed by atoms with Crippen molar-refractivity contribution in [3.8, 4) is 0 Å². The van der Waals surface area contributed by atoms with Gasteiger partial charge in [0.05, 0.1) is 5.69 Å². The Hall–Kier alpha value is -1.75. The topological polar surface area (TPSA) is 55.6 Å². The van der Waals surface area contributed by atoms with E-state index in [1.54, 1.807) is 4.68 Å². The third-order valence-electron chi connectivity index (χ3n) is 2.30. The monoisotopic (exact) mass is 217 g/mol. The average molecular weight is 217 g/mol. The summed E-state index contributed by atoms with van der Waals surface area (Å²) in [5.41, 5.74) is 2.26. The number of pyridine rings is 1. The minimum Gasteiger partial charge on any atom is -0.311 e. The molecule has 0 saturated carbocycles. The second-order valence-electron chi connectivity index (χ2n) is 3.67. The molecule has 0 saturated heterocycles. The predicted molar refractivity (Wildman–Crippen MR) is 60.7 cm³/mol. The van der Waals surface area contributed by atoms with Crippen molar-refractivity contribution in [1.29, 1.82) is 0 Å². The SMILES string of the molecule is Cn1cc(CNCCc2ccncc2)nn1. The Bertz CT molecular complexity index is 423. The van der Waals surface area contributed by atoms with E-state index in [-0.39, 0.29) is 0 Å². The third kappa shape index (κ3) is 3.13. The Morgan fingerprint density at radius 2 is 2.12 bits per heavy atom. The van der Waals surface area contributed by atoms with Crippen LogP contribution in [0.25, 0.3) is 0 Å². The van der Waals surface area contributed by atoms with Crippen LogP contribution in [0.5, 0.6) is 0 Å². The first kappa shape index (κ1) is 10.8. The highest BCUT2D eigenvalue weighted by molar-refractivity contribution is 5.09. The fourth-order valence-corrected chi connectivity index (χ4v) is 1.47. The molecule has 2 heterocycles. The number of rotatable bonds is 5. The molecule has 2 aromatic rings. The molecule has 2 rings (SSSR count). The van der Waals surface area contributed by atoms with E-state index < -0.39 is 0 Å². The van der Waals surface area contributed by atoms with Crippen LogP contribution in [-0.4, -0.2) is 26.5 Å². The molecule has 0 aromatic carbocycles. The first-order valence-electron chi connectivity index (χ1n) is 5.29. The minimum absolute atomic E-state index is 0.763. The maximum absolute atomic E-state index is 4.00. The van der Waals surface area contributed by atoms with Crippen LogP contribution in [0.1, 0.15) is 11.3 Å². The molecule has 0 aliphatic heterocycles. The average Bonchev–Trinajstić information content (AvgIpc) is 2.72. The Kier molecular flexibility index (Phi) is 3.61. The van der Waals surface area contributed by atoms with E-state index in [1.807, 2.05) is 37.8 Å². The van der Waals surface area contributed by atoms with Gasteiger partial charge in [0.2, 0.25) is 0 Å². The van der Waals surface area contributed by atoms with Gasteiger partial charge in [-0.25, -0.2) is 0 Å². The molecule has 0 amide bonds. The highest BCUT2D eigenvalue weighted by atomic mass is 15.4. The molecule has 0 unspecified atom stereocenters. The zero-order valence-corrected chi connectivity index (χ0v) is 9.30. The molecule has 0 aliphatic carbocycles. The van der Waals surface area contributed by atoms with Crippen molar-refractivity contribution in [2.45, 2.75) is 13.0 Å². The standard InChI is InChI=1S/C11H15N5/c1-16-9-11(14-15-16)8-13-7-4-10-2-5-12-6-3-10/h2-3,5-6,9,13H,4,7-8H2,1H3. The summed E-state index contributed by atoms with van der Waals surface area (Å²) >= 11 is 0. The number of aryl methyl sites for hydroxylation is 1. The van der Waals surface area contributed by atoms with Crippen LogP contribution in [0.3, 0.4) is 0 Å². The molecule has 0 bridgehead atoms. The summed E-state index contributed by atoms with van der Waals surface area (Å²) < 4.78 is 1.71. The lowest BCUT2D eigenvalue weighted by atomic mass is 10.2. The number of nitrogens with zero attached hydrogens (tertiary/aromatic N) is 4. The van der Waals surface area contributed by atoms with Gasteiger partial charge in [0.15, 0.2) is 0 Å². The van der Waals surface area contributed by atoms with E-state index in [0.29, 0.717) is 0 Å². The van der Waals surface area contributed by atoms with Crippen molar-refractivity contribution in [1.82, 2.24) is 25.3 Å². The van der Waals surface area contributed by atoms with Crippen LogP contribution in [0, 0.1) is 0 Å². The van der Waals surface area contributed by atoms with Crippen molar-refractivity contribution >= 4 is 0 Å². The summed E-state index contributed by atoms with van der Waals surface area (Å²) in [6.07, 6.45) is 6.55. The van der Waals surface area contributed by atoms with E-state index in [1.165, 1.54) is 5.56 Å². The Morgan fingerprint density at radius 1 is 1.31 bits per heavy atom. The molecule has 0 aliphatic rings. The first-order chi connectivity index (χ1) is 7.84. The fraction of sp³-hybridized carbons (Fsp3) is 0.364. The van der Waals surface area contributed by atoms with E-state index in [9.17, 15) is 0 Å². The summed E-state index contributed by atoms with van der Waals surface area (Å²) in [5.74, 6) is 0. The summed E-state index contributed by atoms with van der Waals surface area (Å²) in [4.78, 5) is 3.98. The molecule has 2 aromatic heterocycles. The molecule has 0 spiro atoms. The van der Waals surface area contributed by atoms with E-state index in [4.69, 9.17) is 0 Å². The minimum atomic E-state index is 0.763. The Balaban J connectivity index is 1.69. The van der Waals surface area contributed by atoms with Crippen LogP contribution in [0.15, 0.2) is 30.7 Å². The summed E-state index contributed by atoms with van der Waals surface area (Å²) in [6, 6.07) is 4.06. The summed E-state index contributed by atoms with van der Waals surface area (Å²) in [6.45, 7) is 1.69. The molecule has 0 atom stereocenters. The van der Waals surface area contributed by atoms with Crippen molar-refractivity contribution in [3.05, 3.63) is 42.0 Å². The van der Waals surface area contributed by atoms with Crippen molar-refractivity contribution in [2.75, 3.05) is 6.54 Å². The maximum atomic E-state index is 4.00. The van der Waals surface area contributed by atoms with Crippen LogP contribution < -0.4 is 5.32 Å². The molecule has 5 heteroatoms. The van der Waals surface area contributed by atoms with E-state index in [2.05, 4.69) is 20.6 Å². The lowest BCUT2D eigenvalue weighted by Gasteiger charge is -2.02. The molecule has 84 valence electrons. The highest BCUT2D eigenvalue weighted by Gasteiger charge is 1.97. The normalized spacial score (nSPS) is 10.6. The number of hydrogen-bond donors (Lipinski definition) is 1. The molecule has 16 heavy (non-hydrogen) atoms. The van der Waals surface area contributed by atoms with E-state index >= 15 is 0 Å². The second kappa shape index (κ2) is 5.37. The molecular weight excluding hydrogens is 202 g/mol. The van der Waals surface area contributed by atoms with Crippen molar-refractivity contribution in [2.24, 2.45) is 7.05 Å². The lowest BCUT2D eigenvalue weighted by molar-refractivity contribution is 0.670. The van der Waals surface area contributed by atoms with Gasteiger partial charge in [0.1, 0.15) is 0 Å². The van der Waals surface area contributed by atoms with Gasteiger partial charge in [-0.1, -0.05) is 5.21 Å². The molecule has 1 N–H and O–H groups in total. The van der Waals surface area contributed by atoms with Gasteiger partial charge in [-0.3, -0.25) is 9.67 Å². The number of aromatic nitrogens is 4. The highest BCUT2D eigenvalue weighted by Crippen LogP contribution is 1.96. The molecule has 5 nitrogen and oxygen atoms in total. The van der Waals surface area contributed by atoms with Crippen LogP contribution in [-0.2, 0) is 20.0 Å². The number of hydrogen-bond acceptors (Lipinski definition) is 4. The quantitative estimate of drug-likeness (QED) is 0.743. The van der Waals surface area contributed by atoms with Crippen LogP contribution in [0.4, 0.5) is 0 Å². The zero-order chi connectivity index (χ0) is 11.2. The van der Waals surface area contributed by atoms with Gasteiger partial charge >= 0.3 is 0 Å². The van der Waals surface area contributed by atoms with Crippen molar-refractivity contribution < 1.29 is 0 Å². The fourth-order valence-electron chi connectivity index (χ4n) is 1.47. The Morgan fingerprint density at radius 3 is 2.81 bits per heavy atom. The Labute approximate surface area is 94.5 Å². The zero-order valence-electron chi connectivity index (χ0n) is 9.30. The number of nitrogens with one attached hydrogen (secondary N) is 1. The van der Waals surface area contributed by atoms with Gasteiger partial charge in [0, 0.05) is 32.2 Å². The van der Waals surface area contributed by atoms with Gasteiger partial charge in [-0.05, 0) is 30.7 Å². The second-order valence-corrected chi connectivity index (χ2v) is 3.67. The van der Waals surface area contributed by atoms with E-state index in [0.717, 1.165) is 25.2 Å². The largest absolute Gasteiger partial charge is 0.311 e. The van der Waals surface area contributed by atoms with Gasteiger partial charge in [-0.2, -0.15) is 0 Å². The predicted octanol–water partition coefficient (Wildman–Crippen LogP) is 0.542. The maximum Gasteiger partial charge on any atom is 0.0964 e. The smallest absolute Gasteiger partial charge is 0.0964 e.